The fourth-order valence-electron chi connectivity index (χ4n) is 4.98. The van der Waals surface area contributed by atoms with Gasteiger partial charge in [-0.3, -0.25) is 0 Å². The van der Waals surface area contributed by atoms with E-state index in [-0.39, 0.29) is 12.1 Å². The fraction of sp³-hybridized carbons (Fsp3) is 0.462. The molecule has 0 radical (unpaired) electrons. The number of ether oxygens (including phenoxy) is 2. The predicted molar refractivity (Wildman–Crippen MR) is 120 cm³/mol. The van der Waals surface area contributed by atoms with Gasteiger partial charge < -0.3 is 9.47 Å². The maximum absolute atomic E-state index is 6.13. The number of nitrogens with zero attached hydrogens (tertiary/aromatic N) is 2. The maximum Gasteiger partial charge on any atom is 0.187 e. The second-order valence-electron chi connectivity index (χ2n) is 8.74. The Morgan fingerprint density at radius 2 is 1.07 bits per heavy atom. The molecule has 3 aliphatic rings. The highest BCUT2D eigenvalue weighted by molar-refractivity contribution is 5.89. The van der Waals surface area contributed by atoms with E-state index in [4.69, 9.17) is 19.5 Å². The molecule has 4 atom stereocenters. The molecule has 0 aromatic heterocycles. The van der Waals surface area contributed by atoms with Gasteiger partial charge in [-0.05, 0) is 36.8 Å². The van der Waals surface area contributed by atoms with Crippen molar-refractivity contribution >= 4 is 11.8 Å². The van der Waals surface area contributed by atoms with Crippen LogP contribution in [0.15, 0.2) is 70.6 Å². The van der Waals surface area contributed by atoms with Crippen LogP contribution in [0.5, 0.6) is 0 Å². The Labute approximate surface area is 179 Å². The Kier molecular flexibility index (Phi) is 5.82. The van der Waals surface area contributed by atoms with Crippen LogP contribution in [-0.2, 0) is 22.3 Å². The van der Waals surface area contributed by atoms with Gasteiger partial charge in [0.2, 0.25) is 0 Å². The highest BCUT2D eigenvalue weighted by atomic mass is 16.5. The van der Waals surface area contributed by atoms with Crippen LogP contribution in [0, 0.1) is 11.8 Å². The highest BCUT2D eigenvalue weighted by Crippen LogP contribution is 2.36. The zero-order chi connectivity index (χ0) is 20.2. The van der Waals surface area contributed by atoms with E-state index < -0.39 is 0 Å². The van der Waals surface area contributed by atoms with Crippen LogP contribution >= 0.6 is 0 Å². The van der Waals surface area contributed by atoms with E-state index in [0.717, 1.165) is 37.5 Å². The lowest BCUT2D eigenvalue weighted by molar-refractivity contribution is 0.237. The zero-order valence-corrected chi connectivity index (χ0v) is 17.5. The number of hydrogen-bond acceptors (Lipinski definition) is 4. The standard InChI is InChI=1S/C26H30N2O2/c1-3-9-19(10-4-1)15-21-17-29-25(27-21)23-13-7-8-14-24(23)26-28-22(18-30-26)16-20-11-5-2-6-12-20/h1-6,9-12,21-24H,7-8,13-18H2/t21-,22-,23-,24+/m1/s1. The summed E-state index contributed by atoms with van der Waals surface area (Å²) in [5, 5.41) is 0. The Bertz CT molecular complexity index is 818. The summed E-state index contributed by atoms with van der Waals surface area (Å²) in [7, 11) is 0. The van der Waals surface area contributed by atoms with Crippen LogP contribution in [-0.4, -0.2) is 37.1 Å². The summed E-state index contributed by atoms with van der Waals surface area (Å²) in [5.41, 5.74) is 2.65. The first-order valence-corrected chi connectivity index (χ1v) is 11.3. The summed E-state index contributed by atoms with van der Waals surface area (Å²) >= 11 is 0. The summed E-state index contributed by atoms with van der Waals surface area (Å²) < 4.78 is 12.3. The van der Waals surface area contributed by atoms with Gasteiger partial charge >= 0.3 is 0 Å². The molecule has 2 aliphatic heterocycles. The lowest BCUT2D eigenvalue weighted by Gasteiger charge is -2.30. The molecular weight excluding hydrogens is 372 g/mol. The third-order valence-corrected chi connectivity index (χ3v) is 6.50. The average Bonchev–Trinajstić information content (AvgIpc) is 3.45. The Hall–Kier alpha value is -2.62. The Balaban J connectivity index is 1.27. The van der Waals surface area contributed by atoms with Crippen LogP contribution in [0.3, 0.4) is 0 Å². The minimum atomic E-state index is 0.224. The van der Waals surface area contributed by atoms with E-state index in [9.17, 15) is 0 Å². The summed E-state index contributed by atoms with van der Waals surface area (Å²) in [5.74, 6) is 2.51. The fourth-order valence-corrected chi connectivity index (χ4v) is 4.98. The summed E-state index contributed by atoms with van der Waals surface area (Å²) in [4.78, 5) is 10.00. The second-order valence-corrected chi connectivity index (χ2v) is 8.74. The molecule has 2 heterocycles. The first kappa shape index (κ1) is 19.3. The molecule has 5 rings (SSSR count). The van der Waals surface area contributed by atoms with E-state index in [2.05, 4.69) is 60.7 Å². The minimum absolute atomic E-state index is 0.224. The summed E-state index contributed by atoms with van der Waals surface area (Å²) in [6.07, 6.45) is 6.58. The molecule has 0 saturated heterocycles. The molecule has 2 aromatic carbocycles. The van der Waals surface area contributed by atoms with E-state index >= 15 is 0 Å². The lowest BCUT2D eigenvalue weighted by Crippen LogP contribution is -2.33. The number of benzene rings is 2. The smallest absolute Gasteiger partial charge is 0.187 e. The molecular formula is C26H30N2O2. The van der Waals surface area contributed by atoms with E-state index in [1.165, 1.54) is 24.0 Å². The van der Waals surface area contributed by atoms with Crippen molar-refractivity contribution in [3.63, 3.8) is 0 Å². The van der Waals surface area contributed by atoms with Crippen LogP contribution < -0.4 is 0 Å². The molecule has 0 N–H and O–H groups in total. The molecule has 1 fully saturated rings. The van der Waals surface area contributed by atoms with Gasteiger partial charge in [0.25, 0.3) is 0 Å². The van der Waals surface area contributed by atoms with Gasteiger partial charge in [0.1, 0.15) is 13.2 Å². The number of rotatable bonds is 6. The second kappa shape index (κ2) is 9.03. The molecule has 2 aromatic rings. The van der Waals surface area contributed by atoms with Gasteiger partial charge in [0.05, 0.1) is 12.1 Å². The van der Waals surface area contributed by atoms with Crippen molar-refractivity contribution in [2.45, 2.75) is 50.6 Å². The molecule has 4 nitrogen and oxygen atoms in total. The molecule has 0 amide bonds. The van der Waals surface area contributed by atoms with E-state index in [1.807, 2.05) is 0 Å². The van der Waals surface area contributed by atoms with E-state index in [1.54, 1.807) is 0 Å². The summed E-state index contributed by atoms with van der Waals surface area (Å²) in [6, 6.07) is 21.6. The normalized spacial score (nSPS) is 28.4. The summed E-state index contributed by atoms with van der Waals surface area (Å²) in [6.45, 7) is 1.38. The third-order valence-electron chi connectivity index (χ3n) is 6.50. The Morgan fingerprint density at radius 3 is 1.50 bits per heavy atom. The topological polar surface area (TPSA) is 43.2 Å². The molecule has 0 unspecified atom stereocenters. The molecule has 4 heteroatoms. The molecule has 0 bridgehead atoms. The molecule has 156 valence electrons. The third kappa shape index (κ3) is 4.43. The predicted octanol–water partition coefficient (Wildman–Crippen LogP) is 4.87. The van der Waals surface area contributed by atoms with Gasteiger partial charge in [-0.1, -0.05) is 73.5 Å². The number of aliphatic imine (C=N–C) groups is 2. The SMILES string of the molecule is c1ccc(C[C@@H]2COC([C@H]3CCCC[C@H]3C3=N[C@H](Cc4ccccc4)CO3)=N2)cc1. The van der Waals surface area contributed by atoms with Crippen LogP contribution in [0.1, 0.15) is 36.8 Å². The quantitative estimate of drug-likeness (QED) is 0.692. The highest BCUT2D eigenvalue weighted by Gasteiger charge is 2.39. The van der Waals surface area contributed by atoms with Crippen LogP contribution in [0.25, 0.3) is 0 Å². The number of hydrogen-bond donors (Lipinski definition) is 0. The van der Waals surface area contributed by atoms with Gasteiger partial charge in [-0.2, -0.15) is 0 Å². The van der Waals surface area contributed by atoms with Gasteiger partial charge in [-0.25, -0.2) is 9.98 Å². The van der Waals surface area contributed by atoms with Crippen molar-refractivity contribution in [1.29, 1.82) is 0 Å². The van der Waals surface area contributed by atoms with Gasteiger partial charge in [0, 0.05) is 11.8 Å². The van der Waals surface area contributed by atoms with Crippen LogP contribution in [0.2, 0.25) is 0 Å². The average molecular weight is 403 g/mol. The van der Waals surface area contributed by atoms with Crippen molar-refractivity contribution in [2.24, 2.45) is 21.8 Å². The first-order chi connectivity index (χ1) is 14.8. The van der Waals surface area contributed by atoms with Crippen molar-refractivity contribution in [3.05, 3.63) is 71.8 Å². The van der Waals surface area contributed by atoms with Crippen molar-refractivity contribution < 1.29 is 9.47 Å². The largest absolute Gasteiger partial charge is 0.478 e. The van der Waals surface area contributed by atoms with Crippen molar-refractivity contribution in [2.75, 3.05) is 13.2 Å². The van der Waals surface area contributed by atoms with Crippen LogP contribution in [0.4, 0.5) is 0 Å². The first-order valence-electron chi connectivity index (χ1n) is 11.3. The molecule has 1 saturated carbocycles. The molecule has 1 aliphatic carbocycles. The Morgan fingerprint density at radius 1 is 0.633 bits per heavy atom. The monoisotopic (exact) mass is 402 g/mol. The molecule has 0 spiro atoms. The minimum Gasteiger partial charge on any atom is -0.478 e. The molecule has 30 heavy (non-hydrogen) atoms. The maximum atomic E-state index is 6.13. The lowest BCUT2D eigenvalue weighted by atomic mass is 9.79. The zero-order valence-electron chi connectivity index (χ0n) is 17.5. The van der Waals surface area contributed by atoms with E-state index in [0.29, 0.717) is 25.0 Å². The van der Waals surface area contributed by atoms with Gasteiger partial charge in [0.15, 0.2) is 11.8 Å². The van der Waals surface area contributed by atoms with Gasteiger partial charge in [-0.15, -0.1) is 0 Å². The van der Waals surface area contributed by atoms with Crippen molar-refractivity contribution in [3.8, 4) is 0 Å². The van der Waals surface area contributed by atoms with Crippen molar-refractivity contribution in [1.82, 2.24) is 0 Å².